The zero-order valence-corrected chi connectivity index (χ0v) is 8.68. The van der Waals surface area contributed by atoms with Crippen LogP contribution in [0.4, 0.5) is 0 Å². The fourth-order valence-corrected chi connectivity index (χ4v) is 1.35. The number of nitrogens with one attached hydrogen (secondary N) is 1. The fourth-order valence-electron chi connectivity index (χ4n) is 1.35. The Labute approximate surface area is 79.6 Å². The van der Waals surface area contributed by atoms with Crippen molar-refractivity contribution in [3.63, 3.8) is 0 Å². The highest BCUT2D eigenvalue weighted by Gasteiger charge is 2.17. The minimum absolute atomic E-state index is 0.0208. The molecule has 1 rings (SSSR count). The summed E-state index contributed by atoms with van der Waals surface area (Å²) in [5, 5.41) is 2.85. The van der Waals surface area contributed by atoms with Gasteiger partial charge in [-0.15, -0.1) is 0 Å². The maximum atomic E-state index is 11.5. The van der Waals surface area contributed by atoms with Crippen molar-refractivity contribution in [2.45, 2.75) is 45.6 Å². The van der Waals surface area contributed by atoms with E-state index in [0.29, 0.717) is 5.71 Å². The van der Waals surface area contributed by atoms with Gasteiger partial charge in [-0.05, 0) is 40.0 Å². The van der Waals surface area contributed by atoms with E-state index in [-0.39, 0.29) is 11.4 Å². The molecule has 0 aromatic carbocycles. The van der Waals surface area contributed by atoms with Crippen LogP contribution in [0.2, 0.25) is 0 Å². The number of carbonyl (C=O) groups is 1. The van der Waals surface area contributed by atoms with Gasteiger partial charge in [0.05, 0.1) is 5.54 Å². The minimum Gasteiger partial charge on any atom is -0.351 e. The van der Waals surface area contributed by atoms with Crippen molar-refractivity contribution in [2.75, 3.05) is 6.54 Å². The van der Waals surface area contributed by atoms with Crippen LogP contribution in [-0.4, -0.2) is 23.7 Å². The predicted molar refractivity (Wildman–Crippen MR) is 54.0 cm³/mol. The first kappa shape index (κ1) is 10.2. The molecule has 1 saturated heterocycles. The Hall–Kier alpha value is -0.860. The van der Waals surface area contributed by atoms with Gasteiger partial charge in [0.2, 0.25) is 0 Å². The minimum atomic E-state index is -0.142. The van der Waals surface area contributed by atoms with Gasteiger partial charge in [0.1, 0.15) is 5.71 Å². The average molecular weight is 182 g/mol. The summed E-state index contributed by atoms with van der Waals surface area (Å²) in [6, 6.07) is 0. The molecule has 1 N–H and O–H groups in total. The van der Waals surface area contributed by atoms with E-state index in [1.54, 1.807) is 0 Å². The first-order valence-electron chi connectivity index (χ1n) is 4.86. The molecule has 3 nitrogen and oxygen atoms in total. The van der Waals surface area contributed by atoms with Gasteiger partial charge < -0.3 is 5.32 Å². The molecule has 0 unspecified atom stereocenters. The van der Waals surface area contributed by atoms with Crippen LogP contribution in [0, 0.1) is 0 Å². The molecule has 0 bridgehead atoms. The first-order chi connectivity index (χ1) is 5.99. The smallest absolute Gasteiger partial charge is 0.265 e. The highest BCUT2D eigenvalue weighted by molar-refractivity contribution is 6.39. The second-order valence-corrected chi connectivity index (χ2v) is 4.44. The van der Waals surface area contributed by atoms with Crippen molar-refractivity contribution in [3.05, 3.63) is 0 Å². The third-order valence-corrected chi connectivity index (χ3v) is 1.86. The lowest BCUT2D eigenvalue weighted by atomic mass is 10.1. The van der Waals surface area contributed by atoms with E-state index in [1.165, 1.54) is 0 Å². The Morgan fingerprint density at radius 1 is 1.31 bits per heavy atom. The summed E-state index contributed by atoms with van der Waals surface area (Å²) in [6.07, 6.45) is 2.95. The second-order valence-electron chi connectivity index (χ2n) is 4.44. The van der Waals surface area contributed by atoms with Crippen LogP contribution in [0.25, 0.3) is 0 Å². The lowest BCUT2D eigenvalue weighted by molar-refractivity contribution is -0.114. The monoisotopic (exact) mass is 182 g/mol. The molecule has 0 atom stereocenters. The van der Waals surface area contributed by atoms with Gasteiger partial charge >= 0.3 is 0 Å². The van der Waals surface area contributed by atoms with E-state index in [0.717, 1.165) is 25.8 Å². The molecule has 3 heteroatoms. The fraction of sp³-hybridized carbons (Fsp3) is 0.800. The SMILES string of the molecule is CC(C)(C)N=C1CCCCNC1=O. The van der Waals surface area contributed by atoms with Crippen LogP contribution in [0.3, 0.4) is 0 Å². The molecule has 0 aliphatic carbocycles. The van der Waals surface area contributed by atoms with E-state index >= 15 is 0 Å². The molecule has 1 aliphatic heterocycles. The number of amides is 1. The van der Waals surface area contributed by atoms with Crippen LogP contribution in [0.5, 0.6) is 0 Å². The van der Waals surface area contributed by atoms with Crippen molar-refractivity contribution in [1.82, 2.24) is 5.32 Å². The van der Waals surface area contributed by atoms with Gasteiger partial charge in [0.15, 0.2) is 0 Å². The molecule has 1 amide bonds. The second kappa shape index (κ2) is 3.90. The van der Waals surface area contributed by atoms with Crippen LogP contribution in [0.15, 0.2) is 4.99 Å². The van der Waals surface area contributed by atoms with Gasteiger partial charge in [0.25, 0.3) is 5.91 Å². The molecule has 1 aliphatic rings. The summed E-state index contributed by atoms with van der Waals surface area (Å²) in [5.41, 5.74) is 0.571. The summed E-state index contributed by atoms with van der Waals surface area (Å²) in [7, 11) is 0. The largest absolute Gasteiger partial charge is 0.351 e. The van der Waals surface area contributed by atoms with Gasteiger partial charge in [-0.3, -0.25) is 9.79 Å². The molecule has 1 heterocycles. The van der Waals surface area contributed by atoms with E-state index < -0.39 is 0 Å². The average Bonchev–Trinajstić information content (AvgIpc) is 2.14. The normalized spacial score (nSPS) is 22.7. The maximum absolute atomic E-state index is 11.5. The summed E-state index contributed by atoms with van der Waals surface area (Å²) in [4.78, 5) is 15.9. The summed E-state index contributed by atoms with van der Waals surface area (Å²) >= 11 is 0. The van der Waals surface area contributed by atoms with Crippen LogP contribution >= 0.6 is 0 Å². The van der Waals surface area contributed by atoms with Crippen molar-refractivity contribution in [1.29, 1.82) is 0 Å². The third-order valence-electron chi connectivity index (χ3n) is 1.86. The van der Waals surface area contributed by atoms with Gasteiger partial charge in [0, 0.05) is 6.54 Å². The van der Waals surface area contributed by atoms with Crippen LogP contribution in [0.1, 0.15) is 40.0 Å². The number of carbonyl (C=O) groups excluding carboxylic acids is 1. The highest BCUT2D eigenvalue weighted by atomic mass is 16.1. The summed E-state index contributed by atoms with van der Waals surface area (Å²) in [5.74, 6) is 0.0208. The number of hydrogen-bond donors (Lipinski definition) is 1. The maximum Gasteiger partial charge on any atom is 0.265 e. The van der Waals surface area contributed by atoms with E-state index in [2.05, 4.69) is 10.3 Å². The molecule has 74 valence electrons. The lowest BCUT2D eigenvalue weighted by Gasteiger charge is -2.14. The first-order valence-corrected chi connectivity index (χ1v) is 4.86. The molecule has 0 spiro atoms. The van der Waals surface area contributed by atoms with Crippen molar-refractivity contribution >= 4 is 11.6 Å². The predicted octanol–water partition coefficient (Wildman–Crippen LogP) is 1.53. The van der Waals surface area contributed by atoms with Crippen molar-refractivity contribution in [2.24, 2.45) is 4.99 Å². The Balaban J connectivity index is 2.75. The molecule has 0 radical (unpaired) electrons. The Bertz CT molecular complexity index is 226. The molecular formula is C10H18N2O. The van der Waals surface area contributed by atoms with E-state index in [9.17, 15) is 4.79 Å². The zero-order chi connectivity index (χ0) is 9.90. The number of hydrogen-bond acceptors (Lipinski definition) is 2. The molecule has 0 aromatic rings. The highest BCUT2D eigenvalue weighted by Crippen LogP contribution is 2.11. The number of rotatable bonds is 0. The molecular weight excluding hydrogens is 164 g/mol. The topological polar surface area (TPSA) is 41.5 Å². The number of aliphatic imine (C=N–C) groups is 1. The van der Waals surface area contributed by atoms with Crippen LogP contribution in [-0.2, 0) is 4.79 Å². The summed E-state index contributed by atoms with van der Waals surface area (Å²) in [6.45, 7) is 6.83. The standard InChI is InChI=1S/C10H18N2O/c1-10(2,3)12-8-6-4-5-7-11-9(8)13/h4-7H2,1-3H3,(H,11,13). The van der Waals surface area contributed by atoms with Gasteiger partial charge in [-0.2, -0.15) is 0 Å². The Morgan fingerprint density at radius 2 is 2.00 bits per heavy atom. The molecule has 1 fully saturated rings. The van der Waals surface area contributed by atoms with E-state index in [4.69, 9.17) is 0 Å². The van der Waals surface area contributed by atoms with Crippen LogP contribution < -0.4 is 5.32 Å². The molecule has 0 saturated carbocycles. The Morgan fingerprint density at radius 3 is 2.62 bits per heavy atom. The molecule has 13 heavy (non-hydrogen) atoms. The van der Waals surface area contributed by atoms with E-state index in [1.807, 2.05) is 20.8 Å². The lowest BCUT2D eigenvalue weighted by Crippen LogP contribution is -2.31. The van der Waals surface area contributed by atoms with Gasteiger partial charge in [-0.1, -0.05) is 0 Å². The van der Waals surface area contributed by atoms with Crippen molar-refractivity contribution in [3.8, 4) is 0 Å². The zero-order valence-electron chi connectivity index (χ0n) is 8.68. The van der Waals surface area contributed by atoms with Crippen molar-refractivity contribution < 1.29 is 4.79 Å². The van der Waals surface area contributed by atoms with Gasteiger partial charge in [-0.25, -0.2) is 0 Å². The number of nitrogens with zero attached hydrogens (tertiary/aromatic N) is 1. The Kier molecular flexibility index (Phi) is 3.07. The quantitative estimate of drug-likeness (QED) is 0.606. The third kappa shape index (κ3) is 3.57. The molecule has 0 aromatic heterocycles. The summed E-state index contributed by atoms with van der Waals surface area (Å²) < 4.78 is 0.